The van der Waals surface area contributed by atoms with Crippen LogP contribution < -0.4 is 15.5 Å². The van der Waals surface area contributed by atoms with Crippen molar-refractivity contribution in [1.29, 1.82) is 0 Å². The lowest BCUT2D eigenvalue weighted by Crippen LogP contribution is -2.35. The van der Waals surface area contributed by atoms with Gasteiger partial charge < -0.3 is 20.1 Å². The highest BCUT2D eigenvalue weighted by atomic mass is 16.5. The summed E-state index contributed by atoms with van der Waals surface area (Å²) < 4.78 is 4.92. The Morgan fingerprint density at radius 2 is 1.75 bits per heavy atom. The third-order valence-electron chi connectivity index (χ3n) is 4.13. The molecule has 0 unspecified atom stereocenters. The summed E-state index contributed by atoms with van der Waals surface area (Å²) in [5, 5.41) is 9.19. The van der Waals surface area contributed by atoms with Gasteiger partial charge >= 0.3 is 0 Å². The van der Waals surface area contributed by atoms with Crippen molar-refractivity contribution in [2.45, 2.75) is 19.8 Å². The van der Waals surface area contributed by atoms with E-state index in [2.05, 4.69) is 15.8 Å². The van der Waals surface area contributed by atoms with Gasteiger partial charge in [0, 0.05) is 31.5 Å². The molecule has 1 aliphatic rings. The zero-order valence-corrected chi connectivity index (χ0v) is 13.9. The molecule has 0 spiro atoms. The SMILES string of the molecule is Cc1cc(NC(=O)C2(C(=O)Nc3ccc(N(C)C)cc3)CC2)no1. The molecule has 1 heterocycles. The molecule has 1 aliphatic carbocycles. The summed E-state index contributed by atoms with van der Waals surface area (Å²) in [5.74, 6) is 0.281. The predicted octanol–water partition coefficient (Wildman–Crippen LogP) is 2.41. The van der Waals surface area contributed by atoms with Crippen molar-refractivity contribution in [2.75, 3.05) is 29.6 Å². The molecule has 0 atom stereocenters. The molecule has 1 fully saturated rings. The molecule has 3 rings (SSSR count). The zero-order chi connectivity index (χ0) is 17.3. The average molecular weight is 328 g/mol. The fraction of sp³-hybridized carbons (Fsp3) is 0.353. The van der Waals surface area contributed by atoms with E-state index in [4.69, 9.17) is 4.52 Å². The Balaban J connectivity index is 1.66. The Morgan fingerprint density at radius 1 is 1.12 bits per heavy atom. The highest BCUT2D eigenvalue weighted by Gasteiger charge is 2.56. The first-order valence-corrected chi connectivity index (χ1v) is 7.74. The summed E-state index contributed by atoms with van der Waals surface area (Å²) in [5.41, 5.74) is 0.683. The van der Waals surface area contributed by atoms with Gasteiger partial charge in [0.25, 0.3) is 0 Å². The highest BCUT2D eigenvalue weighted by Crippen LogP contribution is 2.47. The Kier molecular flexibility index (Phi) is 4.01. The van der Waals surface area contributed by atoms with Crippen molar-refractivity contribution in [2.24, 2.45) is 5.41 Å². The highest BCUT2D eigenvalue weighted by molar-refractivity contribution is 6.16. The number of anilines is 3. The van der Waals surface area contributed by atoms with Gasteiger partial charge in [-0.1, -0.05) is 5.16 Å². The molecule has 0 aliphatic heterocycles. The molecule has 126 valence electrons. The number of aryl methyl sites for hydroxylation is 1. The van der Waals surface area contributed by atoms with Crippen LogP contribution in [0.25, 0.3) is 0 Å². The van der Waals surface area contributed by atoms with Crippen LogP contribution in [0, 0.1) is 12.3 Å². The lowest BCUT2D eigenvalue weighted by molar-refractivity contribution is -0.131. The van der Waals surface area contributed by atoms with Gasteiger partial charge in [0.15, 0.2) is 5.82 Å². The zero-order valence-electron chi connectivity index (χ0n) is 13.9. The minimum absolute atomic E-state index is 0.294. The molecular weight excluding hydrogens is 308 g/mol. The Bertz CT molecular complexity index is 760. The van der Waals surface area contributed by atoms with E-state index in [1.807, 2.05) is 43.3 Å². The molecule has 1 aromatic carbocycles. The van der Waals surface area contributed by atoms with Gasteiger partial charge in [-0.2, -0.15) is 0 Å². The van der Waals surface area contributed by atoms with E-state index < -0.39 is 5.41 Å². The van der Waals surface area contributed by atoms with Crippen LogP contribution in [0.2, 0.25) is 0 Å². The molecule has 1 saturated carbocycles. The molecule has 7 nitrogen and oxygen atoms in total. The van der Waals surface area contributed by atoms with Crippen LogP contribution in [-0.4, -0.2) is 31.1 Å². The maximum atomic E-state index is 12.5. The van der Waals surface area contributed by atoms with Gasteiger partial charge in [-0.15, -0.1) is 0 Å². The van der Waals surface area contributed by atoms with Crippen LogP contribution >= 0.6 is 0 Å². The Morgan fingerprint density at radius 3 is 2.25 bits per heavy atom. The molecule has 0 bridgehead atoms. The van der Waals surface area contributed by atoms with Gasteiger partial charge in [-0.05, 0) is 44.0 Å². The smallest absolute Gasteiger partial charge is 0.241 e. The fourth-order valence-electron chi connectivity index (χ4n) is 2.44. The number of nitrogens with zero attached hydrogens (tertiary/aromatic N) is 2. The molecule has 2 N–H and O–H groups in total. The predicted molar refractivity (Wildman–Crippen MR) is 90.9 cm³/mol. The number of carbonyl (C=O) groups is 2. The van der Waals surface area contributed by atoms with Crippen LogP contribution in [0.4, 0.5) is 17.2 Å². The second-order valence-corrected chi connectivity index (χ2v) is 6.25. The standard InChI is InChI=1S/C17H20N4O3/c1-11-10-14(20-24-11)19-16(23)17(8-9-17)15(22)18-12-4-6-13(7-5-12)21(2)3/h4-7,10H,8-9H2,1-3H3,(H,18,22)(H,19,20,23). The molecule has 24 heavy (non-hydrogen) atoms. The van der Waals surface area contributed by atoms with Crippen molar-refractivity contribution in [1.82, 2.24) is 5.16 Å². The second-order valence-electron chi connectivity index (χ2n) is 6.25. The summed E-state index contributed by atoms with van der Waals surface area (Å²) in [4.78, 5) is 26.9. The molecule has 0 saturated heterocycles. The monoisotopic (exact) mass is 328 g/mol. The number of benzene rings is 1. The number of hydrogen-bond donors (Lipinski definition) is 2. The summed E-state index contributed by atoms with van der Waals surface area (Å²) in [6.45, 7) is 1.74. The quantitative estimate of drug-likeness (QED) is 0.823. The molecule has 7 heteroatoms. The Labute approximate surface area is 140 Å². The maximum absolute atomic E-state index is 12.5. The topological polar surface area (TPSA) is 87.5 Å². The van der Waals surface area contributed by atoms with E-state index >= 15 is 0 Å². The number of carbonyl (C=O) groups excluding carboxylic acids is 2. The van der Waals surface area contributed by atoms with E-state index in [-0.39, 0.29) is 11.8 Å². The maximum Gasteiger partial charge on any atom is 0.241 e. The molecular formula is C17H20N4O3. The third kappa shape index (κ3) is 3.10. The van der Waals surface area contributed by atoms with Crippen molar-refractivity contribution in [3.8, 4) is 0 Å². The van der Waals surface area contributed by atoms with E-state index in [1.165, 1.54) is 0 Å². The summed E-state index contributed by atoms with van der Waals surface area (Å²) in [6.07, 6.45) is 1.05. The summed E-state index contributed by atoms with van der Waals surface area (Å²) in [6, 6.07) is 9.08. The third-order valence-corrected chi connectivity index (χ3v) is 4.13. The molecule has 0 radical (unpaired) electrons. The first-order valence-electron chi connectivity index (χ1n) is 7.74. The molecule has 2 aromatic rings. The number of hydrogen-bond acceptors (Lipinski definition) is 5. The number of amides is 2. The van der Waals surface area contributed by atoms with Crippen LogP contribution in [0.1, 0.15) is 18.6 Å². The fourth-order valence-corrected chi connectivity index (χ4v) is 2.44. The van der Waals surface area contributed by atoms with Crippen LogP contribution in [-0.2, 0) is 9.59 Å². The van der Waals surface area contributed by atoms with Crippen LogP contribution in [0.3, 0.4) is 0 Å². The summed E-state index contributed by atoms with van der Waals surface area (Å²) >= 11 is 0. The van der Waals surface area contributed by atoms with Crippen molar-refractivity contribution < 1.29 is 14.1 Å². The van der Waals surface area contributed by atoms with Crippen molar-refractivity contribution >= 4 is 29.0 Å². The molecule has 1 aromatic heterocycles. The number of rotatable bonds is 5. The van der Waals surface area contributed by atoms with Crippen LogP contribution in [0.5, 0.6) is 0 Å². The van der Waals surface area contributed by atoms with Crippen molar-refractivity contribution in [3.05, 3.63) is 36.1 Å². The van der Waals surface area contributed by atoms with E-state index in [0.717, 1.165) is 5.69 Å². The largest absolute Gasteiger partial charge is 0.378 e. The lowest BCUT2D eigenvalue weighted by atomic mass is 10.0. The number of aromatic nitrogens is 1. The van der Waals surface area contributed by atoms with Gasteiger partial charge in [0.2, 0.25) is 11.8 Å². The van der Waals surface area contributed by atoms with Crippen molar-refractivity contribution in [3.63, 3.8) is 0 Å². The average Bonchev–Trinajstić information content (AvgIpc) is 3.27. The van der Waals surface area contributed by atoms with Gasteiger partial charge in [0.1, 0.15) is 11.2 Å². The first kappa shape index (κ1) is 16.0. The molecule has 2 amide bonds. The summed E-state index contributed by atoms with van der Waals surface area (Å²) in [7, 11) is 3.89. The van der Waals surface area contributed by atoms with E-state index in [1.54, 1.807) is 13.0 Å². The van der Waals surface area contributed by atoms with Gasteiger partial charge in [-0.3, -0.25) is 9.59 Å². The van der Waals surface area contributed by atoms with E-state index in [0.29, 0.717) is 30.1 Å². The van der Waals surface area contributed by atoms with Gasteiger partial charge in [-0.25, -0.2) is 0 Å². The minimum Gasteiger partial charge on any atom is -0.378 e. The lowest BCUT2D eigenvalue weighted by Gasteiger charge is -2.16. The van der Waals surface area contributed by atoms with Gasteiger partial charge in [0.05, 0.1) is 0 Å². The normalized spacial score (nSPS) is 14.8. The first-order chi connectivity index (χ1) is 11.4. The van der Waals surface area contributed by atoms with Crippen LogP contribution in [0.15, 0.2) is 34.9 Å². The number of nitrogens with one attached hydrogen (secondary N) is 2. The van der Waals surface area contributed by atoms with E-state index in [9.17, 15) is 9.59 Å². The second kappa shape index (κ2) is 5.99. The minimum atomic E-state index is -1.02. The Hall–Kier alpha value is -2.83.